The number of aliphatic imine (C=N–C) groups is 1. The van der Waals surface area contributed by atoms with Gasteiger partial charge in [0.2, 0.25) is 0 Å². The van der Waals surface area contributed by atoms with E-state index in [0.29, 0.717) is 12.2 Å². The number of ether oxygens (including phenoxy) is 2. The third kappa shape index (κ3) is 7.04. The molecular weight excluding hydrogens is 523 g/mol. The first kappa shape index (κ1) is 22.6. The van der Waals surface area contributed by atoms with Gasteiger partial charge in [0.15, 0.2) is 5.96 Å². The number of guanidine groups is 1. The Morgan fingerprint density at radius 3 is 2.65 bits per heavy atom. The number of hydrogen-bond acceptors (Lipinski definition) is 3. The average Bonchev–Trinajstić information content (AvgIpc) is 2.57. The lowest BCUT2D eigenvalue weighted by Crippen LogP contribution is -2.23. The maximum absolute atomic E-state index is 12.5. The molecule has 0 fully saturated rings. The lowest BCUT2D eigenvalue weighted by molar-refractivity contribution is -0.0504. The molecule has 0 saturated heterocycles. The molecule has 0 radical (unpaired) electrons. The van der Waals surface area contributed by atoms with Crippen LogP contribution in [0.2, 0.25) is 0 Å². The molecule has 142 valence electrons. The van der Waals surface area contributed by atoms with Gasteiger partial charge in [-0.3, -0.25) is 0 Å². The second kappa shape index (κ2) is 11.3. The number of benzene rings is 2. The van der Waals surface area contributed by atoms with Crippen molar-refractivity contribution in [3.8, 4) is 5.75 Å². The van der Waals surface area contributed by atoms with Crippen molar-refractivity contribution in [1.29, 1.82) is 0 Å². The van der Waals surface area contributed by atoms with E-state index in [4.69, 9.17) is 10.5 Å². The van der Waals surface area contributed by atoms with Crippen molar-refractivity contribution in [3.05, 3.63) is 58.1 Å². The Bertz CT molecular complexity index is 748. The normalized spacial score (nSPS) is 11.2. The van der Waals surface area contributed by atoms with E-state index in [9.17, 15) is 8.78 Å². The highest BCUT2D eigenvalue weighted by Gasteiger charge is 2.10. The van der Waals surface area contributed by atoms with Crippen LogP contribution in [0.1, 0.15) is 11.1 Å². The van der Waals surface area contributed by atoms with Gasteiger partial charge in [-0.25, -0.2) is 4.99 Å². The fraction of sp³-hybridized carbons (Fsp3) is 0.235. The van der Waals surface area contributed by atoms with Crippen molar-refractivity contribution >= 4 is 51.6 Å². The number of methoxy groups -OCH3 is 1. The van der Waals surface area contributed by atoms with Gasteiger partial charge in [0.1, 0.15) is 5.75 Å². The Morgan fingerprint density at radius 2 is 1.96 bits per heavy atom. The van der Waals surface area contributed by atoms with E-state index in [-0.39, 0.29) is 42.2 Å². The summed E-state index contributed by atoms with van der Waals surface area (Å²) in [5.74, 6) is 0.223. The molecular formula is C17H19BrF2IN3O2. The lowest BCUT2D eigenvalue weighted by atomic mass is 10.2. The van der Waals surface area contributed by atoms with E-state index in [2.05, 4.69) is 31.0 Å². The first-order chi connectivity index (χ1) is 12.0. The number of nitrogens with zero attached hydrogens (tertiary/aromatic N) is 1. The molecule has 0 unspecified atom stereocenters. The quantitative estimate of drug-likeness (QED) is 0.302. The largest absolute Gasteiger partial charge is 0.434 e. The van der Waals surface area contributed by atoms with Crippen LogP contribution >= 0.6 is 39.9 Å². The fourth-order valence-electron chi connectivity index (χ4n) is 2.15. The minimum Gasteiger partial charge on any atom is -0.434 e. The van der Waals surface area contributed by atoms with E-state index in [1.165, 1.54) is 6.07 Å². The molecule has 0 spiro atoms. The molecule has 5 nitrogen and oxygen atoms in total. The minimum absolute atomic E-state index is 0. The predicted octanol–water partition coefficient (Wildman–Crippen LogP) is 4.74. The molecule has 0 amide bonds. The SMILES string of the molecule is COCc1ccccc1NC(N)=NCc1cc(Br)ccc1OC(F)F.I. The summed E-state index contributed by atoms with van der Waals surface area (Å²) in [4.78, 5) is 4.20. The summed E-state index contributed by atoms with van der Waals surface area (Å²) in [7, 11) is 1.60. The molecule has 0 atom stereocenters. The average molecular weight is 542 g/mol. The molecule has 0 aromatic heterocycles. The number of rotatable bonds is 7. The van der Waals surface area contributed by atoms with Gasteiger partial charge < -0.3 is 20.5 Å². The summed E-state index contributed by atoms with van der Waals surface area (Å²) in [6.07, 6.45) is 0. The number of hydrogen-bond donors (Lipinski definition) is 2. The molecule has 2 aromatic rings. The molecule has 0 aliphatic carbocycles. The zero-order valence-corrected chi connectivity index (χ0v) is 17.8. The van der Waals surface area contributed by atoms with Crippen LogP contribution in [-0.2, 0) is 17.9 Å². The highest BCUT2D eigenvalue weighted by molar-refractivity contribution is 14.0. The van der Waals surface area contributed by atoms with Crippen LogP contribution in [-0.4, -0.2) is 19.7 Å². The molecule has 0 saturated carbocycles. The van der Waals surface area contributed by atoms with Crippen LogP contribution < -0.4 is 15.8 Å². The van der Waals surface area contributed by atoms with Crippen molar-refractivity contribution in [2.75, 3.05) is 12.4 Å². The summed E-state index contributed by atoms with van der Waals surface area (Å²) in [6, 6.07) is 12.2. The Balaban J connectivity index is 0.00000338. The third-order valence-corrected chi connectivity index (χ3v) is 3.73. The molecule has 0 aliphatic rings. The number of para-hydroxylation sites is 1. The van der Waals surface area contributed by atoms with Crippen molar-refractivity contribution in [2.24, 2.45) is 10.7 Å². The van der Waals surface area contributed by atoms with Gasteiger partial charge >= 0.3 is 6.61 Å². The Labute approximate surface area is 176 Å². The number of alkyl halides is 2. The smallest absolute Gasteiger partial charge is 0.387 e. The maximum Gasteiger partial charge on any atom is 0.387 e. The molecule has 0 bridgehead atoms. The number of nitrogens with two attached hydrogens (primary N) is 1. The van der Waals surface area contributed by atoms with Crippen molar-refractivity contribution in [3.63, 3.8) is 0 Å². The summed E-state index contributed by atoms with van der Waals surface area (Å²) in [6.45, 7) is -2.39. The first-order valence-corrected chi connectivity index (χ1v) is 8.16. The lowest BCUT2D eigenvalue weighted by Gasteiger charge is -2.12. The van der Waals surface area contributed by atoms with Gasteiger partial charge in [-0.05, 0) is 24.3 Å². The maximum atomic E-state index is 12.5. The van der Waals surface area contributed by atoms with E-state index in [1.807, 2.05) is 24.3 Å². The highest BCUT2D eigenvalue weighted by atomic mass is 127. The highest BCUT2D eigenvalue weighted by Crippen LogP contribution is 2.25. The molecule has 3 N–H and O–H groups in total. The van der Waals surface area contributed by atoms with Crippen LogP contribution in [0.15, 0.2) is 51.9 Å². The summed E-state index contributed by atoms with van der Waals surface area (Å²) >= 11 is 3.30. The van der Waals surface area contributed by atoms with E-state index in [1.54, 1.807) is 19.2 Å². The molecule has 9 heteroatoms. The van der Waals surface area contributed by atoms with Gasteiger partial charge in [-0.1, -0.05) is 34.1 Å². The van der Waals surface area contributed by atoms with Crippen LogP contribution in [0.3, 0.4) is 0 Å². The third-order valence-electron chi connectivity index (χ3n) is 3.24. The minimum atomic E-state index is -2.90. The van der Waals surface area contributed by atoms with Crippen LogP contribution in [0.4, 0.5) is 14.5 Å². The molecule has 0 aliphatic heterocycles. The molecule has 2 rings (SSSR count). The van der Waals surface area contributed by atoms with Crippen molar-refractivity contribution in [2.45, 2.75) is 19.8 Å². The zero-order chi connectivity index (χ0) is 18.2. The fourth-order valence-corrected chi connectivity index (χ4v) is 2.56. The Hall–Kier alpha value is -1.46. The molecule has 2 aromatic carbocycles. The zero-order valence-electron chi connectivity index (χ0n) is 13.9. The van der Waals surface area contributed by atoms with Crippen LogP contribution in [0.5, 0.6) is 5.75 Å². The van der Waals surface area contributed by atoms with Crippen molar-refractivity contribution < 1.29 is 18.3 Å². The number of anilines is 1. The van der Waals surface area contributed by atoms with E-state index >= 15 is 0 Å². The summed E-state index contributed by atoms with van der Waals surface area (Å²) < 4.78 is 35.3. The molecule has 26 heavy (non-hydrogen) atoms. The Morgan fingerprint density at radius 1 is 1.23 bits per heavy atom. The first-order valence-electron chi connectivity index (χ1n) is 7.36. The summed E-state index contributed by atoms with van der Waals surface area (Å²) in [5, 5.41) is 2.99. The van der Waals surface area contributed by atoms with Gasteiger partial charge in [0, 0.05) is 28.4 Å². The summed E-state index contributed by atoms with van der Waals surface area (Å²) in [5.41, 5.74) is 8.09. The van der Waals surface area contributed by atoms with E-state index in [0.717, 1.165) is 15.7 Å². The van der Waals surface area contributed by atoms with Gasteiger partial charge in [-0.2, -0.15) is 8.78 Å². The monoisotopic (exact) mass is 541 g/mol. The topological polar surface area (TPSA) is 68.9 Å². The van der Waals surface area contributed by atoms with E-state index < -0.39 is 6.61 Å². The van der Waals surface area contributed by atoms with Crippen molar-refractivity contribution in [1.82, 2.24) is 0 Å². The standard InChI is InChI=1S/C17H18BrF2N3O2.HI/c1-24-10-11-4-2-3-5-14(11)23-17(21)22-9-12-8-13(18)6-7-15(12)25-16(19)20;/h2-8,16H,9-10H2,1H3,(H3,21,22,23);1H. The van der Waals surface area contributed by atoms with Gasteiger partial charge in [0.05, 0.1) is 13.2 Å². The van der Waals surface area contributed by atoms with Crippen LogP contribution in [0, 0.1) is 0 Å². The van der Waals surface area contributed by atoms with Gasteiger partial charge in [-0.15, -0.1) is 24.0 Å². The van der Waals surface area contributed by atoms with Crippen LogP contribution in [0.25, 0.3) is 0 Å². The number of halogens is 4. The van der Waals surface area contributed by atoms with Gasteiger partial charge in [0.25, 0.3) is 0 Å². The Kier molecular flexibility index (Phi) is 9.81. The molecule has 0 heterocycles. The second-order valence-corrected chi connectivity index (χ2v) is 5.96. The predicted molar refractivity (Wildman–Crippen MR) is 112 cm³/mol. The number of nitrogens with one attached hydrogen (secondary N) is 1. The second-order valence-electron chi connectivity index (χ2n) is 5.05.